The molecule has 0 aliphatic heterocycles. The van der Waals surface area contributed by atoms with Crippen LogP contribution in [0.3, 0.4) is 0 Å². The van der Waals surface area contributed by atoms with Gasteiger partial charge in [-0.15, -0.1) is 0 Å². The second-order valence-corrected chi connectivity index (χ2v) is 42.2. The summed E-state index contributed by atoms with van der Waals surface area (Å²) in [6, 6.07) is 0. The van der Waals surface area contributed by atoms with Crippen molar-refractivity contribution in [1.29, 1.82) is 0 Å². The van der Waals surface area contributed by atoms with E-state index < -0.39 is 0 Å². The lowest BCUT2D eigenvalue weighted by Crippen LogP contribution is -2.43. The molecule has 0 radical (unpaired) electrons. The molecule has 0 rings (SSSR count). The zero-order valence-corrected chi connectivity index (χ0v) is 86.8. The molecule has 0 fully saturated rings. The largest absolute Gasteiger partial charge is 0.373 e. The van der Waals surface area contributed by atoms with Gasteiger partial charge in [0.15, 0.2) is 0 Å². The van der Waals surface area contributed by atoms with Crippen LogP contribution in [-0.2, 0) is 28.4 Å². The van der Waals surface area contributed by atoms with Crippen LogP contribution < -0.4 is 0 Å². The summed E-state index contributed by atoms with van der Waals surface area (Å²) in [5.74, 6) is 0. The van der Waals surface area contributed by atoms with E-state index in [1.165, 1.54) is 463 Å². The van der Waals surface area contributed by atoms with Crippen LogP contribution in [0.15, 0.2) is 0 Å². The Morgan fingerprint density at radius 3 is 0.275 bits per heavy atom. The topological polar surface area (TPSA) is 55.4 Å². The monoisotopic (exact) mass is 1710 g/mol. The fourth-order valence-corrected chi connectivity index (χ4v) is 16.7. The lowest BCUT2D eigenvalue weighted by Gasteiger charge is -2.30. The van der Waals surface area contributed by atoms with Gasteiger partial charge in [0.2, 0.25) is 0 Å². The maximum absolute atomic E-state index is 5.92. The molecule has 726 valence electrons. The first kappa shape index (κ1) is 124. The quantitative estimate of drug-likeness (QED) is 0.0447. The van der Waals surface area contributed by atoms with Gasteiger partial charge in [-0.25, -0.2) is 0 Å². The molecule has 0 saturated heterocycles. The normalized spacial score (nSPS) is 12.4. The highest BCUT2D eigenvalue weighted by molar-refractivity contribution is 4.57. The Morgan fingerprint density at radius 2 is 0.183 bits per heavy atom. The minimum absolute atomic E-state index is 0.726. The van der Waals surface area contributed by atoms with Gasteiger partial charge in [0.05, 0.1) is 203 Å². The molecule has 120 heavy (non-hydrogen) atoms. The van der Waals surface area contributed by atoms with Crippen molar-refractivity contribution in [3.63, 3.8) is 0 Å². The van der Waals surface area contributed by atoms with Crippen LogP contribution in [-0.4, -0.2) is 269 Å². The van der Waals surface area contributed by atoms with Crippen molar-refractivity contribution in [2.75, 3.05) is 242 Å². The summed E-state index contributed by atoms with van der Waals surface area (Å²) in [6.45, 7) is 37.4. The highest BCUT2D eigenvalue weighted by Crippen LogP contribution is 2.20. The van der Waals surface area contributed by atoms with Crippen molar-refractivity contribution in [2.24, 2.45) is 0 Å². The number of ether oxygens (including phenoxy) is 6. The minimum Gasteiger partial charge on any atom is -0.373 e. The van der Waals surface area contributed by atoms with Gasteiger partial charge < -0.3 is 55.3 Å². The molecule has 0 atom stereocenters. The van der Waals surface area contributed by atoms with Gasteiger partial charge in [0, 0.05) is 0 Å². The predicted molar refractivity (Wildman–Crippen MR) is 535 cm³/mol. The zero-order valence-electron chi connectivity index (χ0n) is 86.8. The van der Waals surface area contributed by atoms with Gasteiger partial charge in [-0.3, -0.25) is 0 Å². The number of quaternary nitrogens is 6. The van der Waals surface area contributed by atoms with Crippen molar-refractivity contribution in [3.05, 3.63) is 0 Å². The molecule has 0 aliphatic carbocycles. The van der Waals surface area contributed by atoms with Crippen LogP contribution >= 0.6 is 0 Å². The average Bonchev–Trinajstić information content (AvgIpc) is 0.932. The van der Waals surface area contributed by atoms with Crippen molar-refractivity contribution in [3.8, 4) is 0 Å². The van der Waals surface area contributed by atoms with Crippen molar-refractivity contribution < 1.29 is 55.3 Å². The molecule has 0 spiro atoms. The lowest BCUT2D eigenvalue weighted by atomic mass is 10.1. The van der Waals surface area contributed by atoms with Gasteiger partial charge >= 0.3 is 0 Å². The first-order chi connectivity index (χ1) is 58.0. The molecule has 0 heterocycles. The van der Waals surface area contributed by atoms with Gasteiger partial charge in [0.1, 0.15) is 39.3 Å². The maximum atomic E-state index is 5.92. The summed E-state index contributed by atoms with van der Waals surface area (Å²) in [7, 11) is 28.2. The second-order valence-electron chi connectivity index (χ2n) is 42.2. The van der Waals surface area contributed by atoms with Crippen LogP contribution in [0.2, 0.25) is 0 Å². The molecule has 0 N–H and O–H groups in total. The number of hydrogen-bond donors (Lipinski definition) is 0. The smallest absolute Gasteiger partial charge is 0.102 e. The Hall–Kier alpha value is -0.480. The van der Waals surface area contributed by atoms with Crippen LogP contribution in [0, 0.1) is 0 Å². The Kier molecular flexibility index (Phi) is 97.5. The third-order valence-corrected chi connectivity index (χ3v) is 26.4. The maximum Gasteiger partial charge on any atom is 0.102 e. The molecule has 0 unspecified atom stereocenters. The van der Waals surface area contributed by atoms with E-state index in [9.17, 15) is 0 Å². The number of rotatable bonds is 99. The average molecular weight is 1710 g/mol. The van der Waals surface area contributed by atoms with E-state index in [1.54, 1.807) is 0 Å². The molecule has 0 bridgehead atoms. The van der Waals surface area contributed by atoms with E-state index in [-0.39, 0.29) is 0 Å². The molecule has 0 saturated carbocycles. The summed E-state index contributed by atoms with van der Waals surface area (Å²) in [5.41, 5.74) is 0. The lowest BCUT2D eigenvalue weighted by molar-refractivity contribution is -0.891. The third-order valence-electron chi connectivity index (χ3n) is 26.4. The van der Waals surface area contributed by atoms with E-state index in [0.29, 0.717) is 0 Å². The fraction of sp³-hybridized carbons (Fsp3) is 1.00. The van der Waals surface area contributed by atoms with E-state index in [0.717, 1.165) is 145 Å². The Bertz CT molecular complexity index is 1820. The van der Waals surface area contributed by atoms with Crippen LogP contribution in [0.25, 0.3) is 0 Å². The third kappa shape index (κ3) is 106. The molecule has 12 heteroatoms. The molecule has 0 amide bonds. The SMILES string of the molecule is CCCCCCCCCCCCCC[N+](C)(C)CCOCCOCC[N+](C)(C)CCCCCCCCCCCC.CCCCCCCCCCCCCC[N+](C)(C)CCOCCOCC[N+](C)(C)CCCCCCCCCCCCCC.CCCCCCCCCCCC[N+](C)(C)CCOCCOCC[N+](C)(C)CCCCCCCCCCCC. The van der Waals surface area contributed by atoms with Crippen molar-refractivity contribution in [1.82, 2.24) is 0 Å². The summed E-state index contributed by atoms with van der Waals surface area (Å²) in [4.78, 5) is 0. The van der Waals surface area contributed by atoms with Crippen molar-refractivity contribution >= 4 is 0 Å². The fourth-order valence-electron chi connectivity index (χ4n) is 16.7. The molecule has 0 aromatic carbocycles. The van der Waals surface area contributed by atoms with Crippen LogP contribution in [0.4, 0.5) is 0 Å². The van der Waals surface area contributed by atoms with E-state index >= 15 is 0 Å². The molecule has 0 aromatic rings. The van der Waals surface area contributed by atoms with Gasteiger partial charge in [0.25, 0.3) is 0 Å². The summed E-state index contributed by atoms with van der Waals surface area (Å²) < 4.78 is 41.9. The summed E-state index contributed by atoms with van der Waals surface area (Å²) in [6.07, 6.45) is 93.5. The Labute approximate surface area is 758 Å². The summed E-state index contributed by atoms with van der Waals surface area (Å²) in [5, 5.41) is 0. The van der Waals surface area contributed by atoms with Crippen LogP contribution in [0.1, 0.15) is 465 Å². The molecular weight excluding hydrogens is 1480 g/mol. The van der Waals surface area contributed by atoms with Gasteiger partial charge in [-0.05, 0) is 77.0 Å². The van der Waals surface area contributed by atoms with E-state index in [2.05, 4.69) is 126 Å². The van der Waals surface area contributed by atoms with Crippen LogP contribution in [0.5, 0.6) is 0 Å². The number of unbranched alkanes of at least 4 members (excludes halogenated alkanes) is 60. The number of hydrogen-bond acceptors (Lipinski definition) is 6. The molecule has 0 aromatic heterocycles. The highest BCUT2D eigenvalue weighted by Gasteiger charge is 2.20. The molecular formula is C108H234N6O6+6. The predicted octanol–water partition coefficient (Wildman–Crippen LogP) is 29.4. The zero-order chi connectivity index (χ0) is 88.9. The first-order valence-corrected chi connectivity index (χ1v) is 54.4. The van der Waals surface area contributed by atoms with Crippen molar-refractivity contribution in [2.45, 2.75) is 465 Å². The molecule has 12 nitrogen and oxygen atoms in total. The molecule has 0 aliphatic rings. The number of nitrogens with zero attached hydrogens (tertiary/aromatic N) is 6. The highest BCUT2D eigenvalue weighted by atomic mass is 16.5. The van der Waals surface area contributed by atoms with Gasteiger partial charge in [-0.2, -0.15) is 0 Å². The Morgan fingerprint density at radius 1 is 0.100 bits per heavy atom. The number of likely N-dealkylation sites (N-methyl/N-ethyl adjacent to an activating group) is 6. The first-order valence-electron chi connectivity index (χ1n) is 54.4. The standard InChI is InChI=1S/C38H82N2O2.C36H78N2O2.C34H74N2O2/c1-7-9-11-13-15-17-19-21-23-25-27-29-31-39(3,4)33-35-41-37-38-42-36-34-40(5,6)32-30-28-26-24-22-20-18-16-14-12-10-8-2;1-7-9-11-13-15-17-19-20-22-24-26-28-30-38(5,6)32-34-40-36-35-39-33-31-37(3,4)29-27-25-23-21-18-16-14-12-10-8-2;1-7-9-11-13-15-17-19-21-23-25-27-35(3,4)29-31-37-33-34-38-32-30-36(5,6)28-26-24-22-20-18-16-14-12-10-8-2/h7-38H2,1-6H3;7-36H2,1-6H3;7-34H2,1-6H3/q3*+2. The van der Waals surface area contributed by atoms with E-state index in [4.69, 9.17) is 28.4 Å². The Balaban J connectivity index is -0.00000171. The minimum atomic E-state index is 0.726. The van der Waals surface area contributed by atoms with Gasteiger partial charge in [-0.1, -0.05) is 388 Å². The van der Waals surface area contributed by atoms with E-state index in [1.807, 2.05) is 0 Å². The second kappa shape index (κ2) is 94.6. The summed E-state index contributed by atoms with van der Waals surface area (Å²) >= 11 is 0.